The number of furan rings is 1. The molecular weight excluding hydrogens is 308 g/mol. The van der Waals surface area contributed by atoms with Crippen molar-refractivity contribution >= 4 is 28.1 Å². The van der Waals surface area contributed by atoms with Gasteiger partial charge in [0.2, 0.25) is 5.13 Å². The Morgan fingerprint density at radius 2 is 2.14 bits per heavy atom. The maximum atomic E-state index is 12.1. The van der Waals surface area contributed by atoms with Crippen LogP contribution in [0.15, 0.2) is 47.1 Å². The number of nitrogens with one attached hydrogen (secondary N) is 1. The Hall–Kier alpha value is -3.07. The number of hydrogen-bond acceptors (Lipinski definition) is 7. The second kappa shape index (κ2) is 5.74. The lowest BCUT2D eigenvalue weighted by Crippen LogP contribution is -2.11. The molecule has 3 aromatic rings. The van der Waals surface area contributed by atoms with Gasteiger partial charge >= 0.3 is 0 Å². The summed E-state index contributed by atoms with van der Waals surface area (Å²) in [6, 6.07) is 8.89. The van der Waals surface area contributed by atoms with Gasteiger partial charge in [-0.2, -0.15) is 0 Å². The Morgan fingerprint density at radius 3 is 2.86 bits per heavy atom. The average molecular weight is 316 g/mol. The standard InChI is InChI=1S/C13H8N4O4S/c18-11(8-3-1-4-9(7-8)17(19)20)14-13-16-15-12(22-13)10-5-2-6-21-10/h1-7H,(H,14,16,18). The summed E-state index contributed by atoms with van der Waals surface area (Å²) < 4.78 is 5.18. The molecule has 0 saturated heterocycles. The molecule has 0 spiro atoms. The first kappa shape index (κ1) is 13.9. The van der Waals surface area contributed by atoms with Gasteiger partial charge in [0.15, 0.2) is 10.8 Å². The van der Waals surface area contributed by atoms with Crippen molar-refractivity contribution in [2.24, 2.45) is 0 Å². The second-order valence-electron chi connectivity index (χ2n) is 4.15. The molecule has 3 rings (SSSR count). The highest BCUT2D eigenvalue weighted by molar-refractivity contribution is 7.18. The van der Waals surface area contributed by atoms with Crippen LogP contribution in [0.25, 0.3) is 10.8 Å². The number of benzene rings is 1. The number of non-ortho nitro benzene ring substituents is 1. The van der Waals surface area contributed by atoms with Crippen LogP contribution in [0, 0.1) is 10.1 Å². The molecular formula is C13H8N4O4S. The van der Waals surface area contributed by atoms with Gasteiger partial charge in [-0.3, -0.25) is 20.2 Å². The summed E-state index contributed by atoms with van der Waals surface area (Å²) in [4.78, 5) is 22.2. The van der Waals surface area contributed by atoms with Gasteiger partial charge < -0.3 is 4.42 Å². The van der Waals surface area contributed by atoms with Gasteiger partial charge in [0.1, 0.15) is 0 Å². The van der Waals surface area contributed by atoms with Crippen molar-refractivity contribution in [2.75, 3.05) is 5.32 Å². The molecule has 0 radical (unpaired) electrons. The van der Waals surface area contributed by atoms with E-state index in [0.717, 1.165) is 11.3 Å². The fraction of sp³-hybridized carbons (Fsp3) is 0. The van der Waals surface area contributed by atoms with E-state index in [-0.39, 0.29) is 16.4 Å². The van der Waals surface area contributed by atoms with Crippen LogP contribution < -0.4 is 5.32 Å². The van der Waals surface area contributed by atoms with E-state index >= 15 is 0 Å². The molecule has 0 saturated carbocycles. The number of nitrogens with zero attached hydrogens (tertiary/aromatic N) is 3. The quantitative estimate of drug-likeness (QED) is 0.585. The number of carbonyl (C=O) groups excluding carboxylic acids is 1. The normalized spacial score (nSPS) is 10.4. The fourth-order valence-corrected chi connectivity index (χ4v) is 2.41. The molecule has 1 N–H and O–H groups in total. The zero-order chi connectivity index (χ0) is 15.5. The van der Waals surface area contributed by atoms with Crippen LogP contribution in [0.4, 0.5) is 10.8 Å². The first-order valence-corrected chi connectivity index (χ1v) is 6.88. The van der Waals surface area contributed by atoms with Gasteiger partial charge in [-0.25, -0.2) is 0 Å². The molecule has 1 amide bonds. The lowest BCUT2D eigenvalue weighted by Gasteiger charge is -2.00. The predicted molar refractivity (Wildman–Crippen MR) is 78.7 cm³/mol. The molecule has 0 bridgehead atoms. The third-order valence-electron chi connectivity index (χ3n) is 2.70. The van der Waals surface area contributed by atoms with Gasteiger partial charge in [0, 0.05) is 17.7 Å². The van der Waals surface area contributed by atoms with E-state index in [1.165, 1.54) is 30.5 Å². The topological polar surface area (TPSA) is 111 Å². The van der Waals surface area contributed by atoms with E-state index in [2.05, 4.69) is 15.5 Å². The summed E-state index contributed by atoms with van der Waals surface area (Å²) in [5.74, 6) is 0.0548. The molecule has 110 valence electrons. The zero-order valence-electron chi connectivity index (χ0n) is 10.9. The van der Waals surface area contributed by atoms with Crippen LogP contribution in [0.5, 0.6) is 0 Å². The SMILES string of the molecule is O=C(Nc1nnc(-c2ccco2)s1)c1cccc([N+](=O)[O-])c1. The van der Waals surface area contributed by atoms with E-state index in [4.69, 9.17) is 4.42 Å². The van der Waals surface area contributed by atoms with E-state index in [9.17, 15) is 14.9 Å². The van der Waals surface area contributed by atoms with Crippen molar-refractivity contribution in [2.45, 2.75) is 0 Å². The highest BCUT2D eigenvalue weighted by atomic mass is 32.1. The van der Waals surface area contributed by atoms with Gasteiger partial charge in [0.25, 0.3) is 11.6 Å². The summed E-state index contributed by atoms with van der Waals surface area (Å²) in [6.45, 7) is 0. The van der Waals surface area contributed by atoms with Crippen LogP contribution in [0.3, 0.4) is 0 Å². The smallest absolute Gasteiger partial charge is 0.270 e. The molecule has 9 heteroatoms. The predicted octanol–water partition coefficient (Wildman–Crippen LogP) is 2.96. The molecule has 1 aromatic carbocycles. The van der Waals surface area contributed by atoms with Crippen molar-refractivity contribution < 1.29 is 14.1 Å². The molecule has 2 heterocycles. The minimum Gasteiger partial charge on any atom is -0.462 e. The molecule has 0 fully saturated rings. The van der Waals surface area contributed by atoms with Gasteiger partial charge in [-0.15, -0.1) is 10.2 Å². The third kappa shape index (κ3) is 2.83. The lowest BCUT2D eigenvalue weighted by atomic mass is 10.2. The number of anilines is 1. The van der Waals surface area contributed by atoms with E-state index < -0.39 is 10.8 Å². The van der Waals surface area contributed by atoms with Gasteiger partial charge in [-0.05, 0) is 18.2 Å². The number of carbonyl (C=O) groups is 1. The largest absolute Gasteiger partial charge is 0.462 e. The maximum Gasteiger partial charge on any atom is 0.270 e. The highest BCUT2D eigenvalue weighted by Gasteiger charge is 2.15. The first-order chi connectivity index (χ1) is 10.6. The Kier molecular flexibility index (Phi) is 3.62. The monoisotopic (exact) mass is 316 g/mol. The van der Waals surface area contributed by atoms with E-state index in [0.29, 0.717) is 10.8 Å². The van der Waals surface area contributed by atoms with E-state index in [1.54, 1.807) is 12.1 Å². The minimum atomic E-state index is -0.559. The number of nitro groups is 1. The average Bonchev–Trinajstić information content (AvgIpc) is 3.18. The maximum absolute atomic E-state index is 12.1. The molecule has 0 aliphatic carbocycles. The number of rotatable bonds is 4. The zero-order valence-corrected chi connectivity index (χ0v) is 11.7. The lowest BCUT2D eigenvalue weighted by molar-refractivity contribution is -0.384. The second-order valence-corrected chi connectivity index (χ2v) is 5.13. The number of aromatic nitrogens is 2. The Morgan fingerprint density at radius 1 is 1.27 bits per heavy atom. The Labute approximate surface area is 127 Å². The van der Waals surface area contributed by atoms with Crippen molar-refractivity contribution in [3.63, 3.8) is 0 Å². The molecule has 0 aliphatic heterocycles. The van der Waals surface area contributed by atoms with Crippen molar-refractivity contribution in [1.29, 1.82) is 0 Å². The summed E-state index contributed by atoms with van der Waals surface area (Å²) in [6.07, 6.45) is 1.51. The van der Waals surface area contributed by atoms with Crippen LogP contribution in [-0.2, 0) is 0 Å². The van der Waals surface area contributed by atoms with Crippen LogP contribution in [0.1, 0.15) is 10.4 Å². The molecule has 0 aliphatic rings. The summed E-state index contributed by atoms with van der Waals surface area (Å²) in [5, 5.41) is 21.8. The van der Waals surface area contributed by atoms with E-state index in [1.807, 2.05) is 0 Å². The molecule has 0 unspecified atom stereocenters. The summed E-state index contributed by atoms with van der Waals surface area (Å²) >= 11 is 1.14. The highest BCUT2D eigenvalue weighted by Crippen LogP contribution is 2.26. The molecule has 22 heavy (non-hydrogen) atoms. The van der Waals surface area contributed by atoms with Crippen LogP contribution in [-0.4, -0.2) is 21.0 Å². The van der Waals surface area contributed by atoms with Gasteiger partial charge in [0.05, 0.1) is 11.2 Å². The van der Waals surface area contributed by atoms with Crippen molar-refractivity contribution in [3.05, 3.63) is 58.3 Å². The molecule has 8 nitrogen and oxygen atoms in total. The Balaban J connectivity index is 1.77. The Bertz CT molecular complexity index is 828. The van der Waals surface area contributed by atoms with Gasteiger partial charge in [-0.1, -0.05) is 17.4 Å². The third-order valence-corrected chi connectivity index (χ3v) is 3.55. The van der Waals surface area contributed by atoms with Crippen molar-refractivity contribution in [1.82, 2.24) is 10.2 Å². The van der Waals surface area contributed by atoms with Crippen molar-refractivity contribution in [3.8, 4) is 10.8 Å². The first-order valence-electron chi connectivity index (χ1n) is 6.06. The summed E-state index contributed by atoms with van der Waals surface area (Å²) in [5.41, 5.74) is 0.0186. The fourth-order valence-electron chi connectivity index (χ4n) is 1.70. The van der Waals surface area contributed by atoms with Crippen LogP contribution in [0.2, 0.25) is 0 Å². The number of hydrogen-bond donors (Lipinski definition) is 1. The number of nitro benzene ring substituents is 1. The minimum absolute atomic E-state index is 0.152. The molecule has 0 atom stereocenters. The van der Waals surface area contributed by atoms with Crippen LogP contribution >= 0.6 is 11.3 Å². The number of amides is 1. The summed E-state index contributed by atoms with van der Waals surface area (Å²) in [7, 11) is 0. The molecule has 2 aromatic heterocycles.